The molecule has 3 aliphatic rings. The van der Waals surface area contributed by atoms with Gasteiger partial charge in [0.2, 0.25) is 0 Å². The molecule has 3 saturated heterocycles. The summed E-state index contributed by atoms with van der Waals surface area (Å²) in [6.45, 7) is 3.05. The number of carbonyl (C=O) groups is 2. The summed E-state index contributed by atoms with van der Waals surface area (Å²) in [5.41, 5.74) is 0.776. The first-order valence-electron chi connectivity index (χ1n) is 18.0. The summed E-state index contributed by atoms with van der Waals surface area (Å²) in [5, 5.41) is 102. The molecule has 20 heteroatoms. The number of carbonyl (C=O) groups excluding carboxylic acids is 2. The van der Waals surface area contributed by atoms with Gasteiger partial charge >= 0.3 is 11.9 Å². The molecule has 2 aromatic rings. The molecule has 316 valence electrons. The summed E-state index contributed by atoms with van der Waals surface area (Å²) >= 11 is 0. The van der Waals surface area contributed by atoms with Gasteiger partial charge in [-0.3, -0.25) is 4.79 Å². The zero-order chi connectivity index (χ0) is 41.7. The van der Waals surface area contributed by atoms with E-state index in [1.165, 1.54) is 50.3 Å². The summed E-state index contributed by atoms with van der Waals surface area (Å²) in [6.07, 6.45) is -21.3. The second-order valence-electron chi connectivity index (χ2n) is 13.8. The Morgan fingerprint density at radius 3 is 1.86 bits per heavy atom. The Bertz CT molecular complexity index is 1710. The second-order valence-corrected chi connectivity index (χ2v) is 13.8. The van der Waals surface area contributed by atoms with Crippen molar-refractivity contribution in [2.75, 3.05) is 13.2 Å². The van der Waals surface area contributed by atoms with Crippen molar-refractivity contribution >= 4 is 18.0 Å². The van der Waals surface area contributed by atoms with Gasteiger partial charge < -0.3 is 89.0 Å². The number of aliphatic hydroxyl groups excluding tert-OH is 6. The zero-order valence-corrected chi connectivity index (χ0v) is 31.0. The lowest BCUT2D eigenvalue weighted by atomic mass is 9.96. The molecule has 10 N–H and O–H groups in total. The maximum absolute atomic E-state index is 13.5. The highest BCUT2D eigenvalue weighted by Gasteiger charge is 2.55. The van der Waals surface area contributed by atoms with E-state index in [0.29, 0.717) is 5.56 Å². The Hall–Kier alpha value is -4.16. The average molecular weight is 813 g/mol. The van der Waals surface area contributed by atoms with Crippen LogP contribution in [-0.2, 0) is 53.9 Å². The van der Waals surface area contributed by atoms with Crippen LogP contribution < -0.4 is 0 Å². The minimum Gasteiger partial charge on any atom is -0.504 e. The van der Waals surface area contributed by atoms with Gasteiger partial charge in [0.15, 0.2) is 54.1 Å². The van der Waals surface area contributed by atoms with Gasteiger partial charge in [-0.1, -0.05) is 12.1 Å². The number of aromatic hydroxyl groups is 4. The maximum Gasteiger partial charge on any atom is 0.331 e. The van der Waals surface area contributed by atoms with Gasteiger partial charge in [0.25, 0.3) is 0 Å². The van der Waals surface area contributed by atoms with Crippen LogP contribution in [0.5, 0.6) is 23.0 Å². The molecule has 0 spiro atoms. The molecule has 3 heterocycles. The number of esters is 2. The van der Waals surface area contributed by atoms with Crippen molar-refractivity contribution in [3.8, 4) is 23.0 Å². The Kier molecular flexibility index (Phi) is 14.7. The Morgan fingerprint density at radius 1 is 0.649 bits per heavy atom. The monoisotopic (exact) mass is 812 g/mol. The molecular formula is C37H48O20. The number of phenols is 4. The van der Waals surface area contributed by atoms with Crippen LogP contribution in [0, 0.1) is 0 Å². The summed E-state index contributed by atoms with van der Waals surface area (Å²) in [5.74, 6) is -3.59. The van der Waals surface area contributed by atoms with Crippen LogP contribution in [0.2, 0.25) is 0 Å². The van der Waals surface area contributed by atoms with Gasteiger partial charge in [0, 0.05) is 13.0 Å². The molecule has 3 fully saturated rings. The first-order chi connectivity index (χ1) is 26.9. The summed E-state index contributed by atoms with van der Waals surface area (Å²) in [4.78, 5) is 26.1. The standard InChI is InChI=1S/C37H48O20/c1-15-26(44)28(46)30(48)35(52-15)51-14-24-32(56-25(43)9-6-18-4-7-20(39)22(41)12-18)33(57-36-31(49)29(47)27(45)16(2)53-36)34(54-17(3)38)37(55-24)50-11-10-19-5-8-21(40)23(42)13-19/h4-9,12-13,15-16,24,26-37,39-42,44-49H,10-11,14H2,1-3H3/b9-6+/t15-,16-,24-,26+,27+,28+,29+,30+,31+,32-,33+,34-,35-,36+,37-/m1/s1. The molecule has 5 rings (SSSR count). The van der Waals surface area contributed by atoms with Crippen molar-refractivity contribution < 1.29 is 98.5 Å². The fraction of sp³-hybridized carbons (Fsp3) is 0.568. The molecule has 0 bridgehead atoms. The predicted octanol–water partition coefficient (Wildman–Crippen LogP) is -1.59. The third kappa shape index (κ3) is 10.7. The number of phenolic OH excluding ortho intramolecular Hbond substituents is 4. The third-order valence-corrected chi connectivity index (χ3v) is 9.60. The van der Waals surface area contributed by atoms with E-state index in [2.05, 4.69) is 0 Å². The van der Waals surface area contributed by atoms with Gasteiger partial charge in [0.1, 0.15) is 48.8 Å². The molecule has 0 saturated carbocycles. The van der Waals surface area contributed by atoms with Gasteiger partial charge in [0.05, 0.1) is 25.4 Å². The molecule has 0 unspecified atom stereocenters. The van der Waals surface area contributed by atoms with E-state index < -0.39 is 128 Å². The molecule has 57 heavy (non-hydrogen) atoms. The minimum atomic E-state index is -1.90. The molecule has 3 aliphatic heterocycles. The molecular weight excluding hydrogens is 764 g/mol. The SMILES string of the molecule is CC(=O)O[C@H]1[C@H](OCCc2ccc(O)c(O)c2)O[C@H](CO[C@@H]2O[C@H](C)[C@H](O)[C@H](O)[C@@H]2O)[C@@H](OC(=O)/C=C/c2ccc(O)c(O)c2)[C@@H]1O[C@@H]1O[C@H](C)[C@H](O)[C@H](O)[C@@H]1O. The van der Waals surface area contributed by atoms with E-state index in [1.807, 2.05) is 0 Å². The summed E-state index contributed by atoms with van der Waals surface area (Å²) < 4.78 is 46.8. The van der Waals surface area contributed by atoms with E-state index in [9.17, 15) is 60.7 Å². The molecule has 0 aliphatic carbocycles. The van der Waals surface area contributed by atoms with Gasteiger partial charge in [-0.2, -0.15) is 0 Å². The number of rotatable bonds is 13. The average Bonchev–Trinajstić information content (AvgIpc) is 3.16. The smallest absolute Gasteiger partial charge is 0.331 e. The van der Waals surface area contributed by atoms with Crippen molar-refractivity contribution in [1.82, 2.24) is 0 Å². The van der Waals surface area contributed by atoms with Gasteiger partial charge in [-0.25, -0.2) is 4.79 Å². The highest BCUT2D eigenvalue weighted by atomic mass is 16.8. The third-order valence-electron chi connectivity index (χ3n) is 9.60. The van der Waals surface area contributed by atoms with Crippen molar-refractivity contribution in [2.24, 2.45) is 0 Å². The number of ether oxygens (including phenoxy) is 8. The maximum atomic E-state index is 13.5. The lowest BCUT2D eigenvalue weighted by molar-refractivity contribution is -0.364. The Balaban J connectivity index is 1.50. The van der Waals surface area contributed by atoms with Gasteiger partial charge in [-0.15, -0.1) is 0 Å². The minimum absolute atomic E-state index is 0.107. The number of aliphatic hydroxyl groups is 6. The first kappa shape index (κ1) is 44.0. The fourth-order valence-corrected chi connectivity index (χ4v) is 6.38. The largest absolute Gasteiger partial charge is 0.504 e. The lowest BCUT2D eigenvalue weighted by Gasteiger charge is -2.48. The summed E-state index contributed by atoms with van der Waals surface area (Å²) in [6, 6.07) is 7.79. The van der Waals surface area contributed by atoms with Crippen LogP contribution in [0.3, 0.4) is 0 Å². The fourth-order valence-electron chi connectivity index (χ4n) is 6.38. The molecule has 0 radical (unpaired) electrons. The molecule has 0 amide bonds. The Labute approximate surface area is 325 Å². The number of hydrogen-bond donors (Lipinski definition) is 10. The molecule has 2 aromatic carbocycles. The highest BCUT2D eigenvalue weighted by molar-refractivity contribution is 5.87. The van der Waals surface area contributed by atoms with Crippen molar-refractivity contribution in [3.63, 3.8) is 0 Å². The van der Waals surface area contributed by atoms with E-state index in [4.69, 9.17) is 37.9 Å². The van der Waals surface area contributed by atoms with Crippen molar-refractivity contribution in [3.05, 3.63) is 53.6 Å². The van der Waals surface area contributed by atoms with Crippen LogP contribution >= 0.6 is 0 Å². The van der Waals surface area contributed by atoms with Crippen LogP contribution in [0.4, 0.5) is 0 Å². The van der Waals surface area contributed by atoms with Crippen molar-refractivity contribution in [1.29, 1.82) is 0 Å². The van der Waals surface area contributed by atoms with Crippen LogP contribution in [-0.4, -0.2) is 168 Å². The molecule has 20 nitrogen and oxygen atoms in total. The lowest BCUT2D eigenvalue weighted by Crippen LogP contribution is -2.66. The van der Waals surface area contributed by atoms with Crippen molar-refractivity contribution in [2.45, 2.75) is 119 Å². The van der Waals surface area contributed by atoms with Crippen LogP contribution in [0.15, 0.2) is 42.5 Å². The molecule has 0 aromatic heterocycles. The normalized spacial score (nSPS) is 35.8. The van der Waals surface area contributed by atoms with E-state index in [1.54, 1.807) is 0 Å². The highest BCUT2D eigenvalue weighted by Crippen LogP contribution is 2.35. The number of hydrogen-bond acceptors (Lipinski definition) is 20. The van der Waals surface area contributed by atoms with Crippen LogP contribution in [0.25, 0.3) is 6.08 Å². The Morgan fingerprint density at radius 2 is 1.25 bits per heavy atom. The summed E-state index contributed by atoms with van der Waals surface area (Å²) in [7, 11) is 0. The quantitative estimate of drug-likeness (QED) is 0.0619. The van der Waals surface area contributed by atoms with Gasteiger partial charge in [-0.05, 0) is 61.7 Å². The molecule has 15 atom stereocenters. The zero-order valence-electron chi connectivity index (χ0n) is 31.0. The topological polar surface area (TPSA) is 310 Å². The van der Waals surface area contributed by atoms with E-state index in [0.717, 1.165) is 19.1 Å². The van der Waals surface area contributed by atoms with E-state index in [-0.39, 0.29) is 24.3 Å². The first-order valence-corrected chi connectivity index (χ1v) is 18.0. The second kappa shape index (κ2) is 19.1. The number of benzene rings is 2. The van der Waals surface area contributed by atoms with Crippen LogP contribution in [0.1, 0.15) is 31.9 Å². The predicted molar refractivity (Wildman–Crippen MR) is 188 cm³/mol. The van der Waals surface area contributed by atoms with E-state index >= 15 is 0 Å².